The summed E-state index contributed by atoms with van der Waals surface area (Å²) in [5.74, 6) is 0.175. The van der Waals surface area contributed by atoms with E-state index in [1.807, 2.05) is 42.3 Å². The number of halogens is 1. The van der Waals surface area contributed by atoms with Crippen molar-refractivity contribution >= 4 is 40.4 Å². The van der Waals surface area contributed by atoms with Gasteiger partial charge in [0, 0.05) is 29.7 Å². The number of likely N-dealkylation sites (N-methyl/N-ethyl adjacent to an activating group) is 1. The van der Waals surface area contributed by atoms with E-state index in [0.29, 0.717) is 23.0 Å². The number of hydrogen-bond acceptors (Lipinski definition) is 2. The highest BCUT2D eigenvalue weighted by atomic mass is 35.5. The molecule has 1 aliphatic rings. The normalized spacial score (nSPS) is 19.6. The molecule has 0 saturated heterocycles. The Morgan fingerprint density at radius 3 is 2.56 bits per heavy atom. The molecule has 3 nitrogen and oxygen atoms in total. The van der Waals surface area contributed by atoms with E-state index in [4.69, 9.17) is 23.8 Å². The number of nitrogens with one attached hydrogen (secondary N) is 1. The predicted octanol–water partition coefficient (Wildman–Crippen LogP) is 5.62. The molecule has 1 saturated carbocycles. The van der Waals surface area contributed by atoms with Gasteiger partial charge in [-0.25, -0.2) is 0 Å². The quantitative estimate of drug-likeness (QED) is 0.677. The first kappa shape index (κ1) is 19.8. The highest BCUT2D eigenvalue weighted by Crippen LogP contribution is 2.42. The zero-order valence-corrected chi connectivity index (χ0v) is 17.6. The van der Waals surface area contributed by atoms with Crippen molar-refractivity contribution in [2.45, 2.75) is 45.1 Å². The van der Waals surface area contributed by atoms with Crippen LogP contribution in [0.2, 0.25) is 5.02 Å². The molecule has 1 aliphatic carbocycles. The Morgan fingerprint density at radius 1 is 1.15 bits per heavy atom. The van der Waals surface area contributed by atoms with Crippen LogP contribution in [0.3, 0.4) is 0 Å². The summed E-state index contributed by atoms with van der Waals surface area (Å²) >= 11 is 12.2. The van der Waals surface area contributed by atoms with Crippen LogP contribution in [0.5, 0.6) is 0 Å². The predicted molar refractivity (Wildman–Crippen MR) is 117 cm³/mol. The van der Waals surface area contributed by atoms with Crippen molar-refractivity contribution in [3.63, 3.8) is 0 Å². The molecule has 1 fully saturated rings. The molecule has 0 aliphatic heterocycles. The van der Waals surface area contributed by atoms with Gasteiger partial charge >= 0.3 is 0 Å². The Labute approximate surface area is 171 Å². The summed E-state index contributed by atoms with van der Waals surface area (Å²) < 4.78 is 0. The molecule has 0 aromatic heterocycles. The van der Waals surface area contributed by atoms with Crippen LogP contribution in [-0.4, -0.2) is 22.8 Å². The van der Waals surface area contributed by atoms with Crippen molar-refractivity contribution in [2.75, 3.05) is 12.4 Å². The van der Waals surface area contributed by atoms with Crippen LogP contribution < -0.4 is 5.32 Å². The molecule has 3 rings (SSSR count). The van der Waals surface area contributed by atoms with Gasteiger partial charge in [-0.3, -0.25) is 4.79 Å². The average molecular weight is 401 g/mol. The second-order valence-corrected chi connectivity index (χ2v) is 8.05. The molecule has 1 atom stereocenters. The molecular weight excluding hydrogens is 376 g/mol. The molecule has 142 valence electrons. The molecule has 1 N–H and O–H groups in total. The molecular formula is C22H25ClN2OS. The molecule has 2 aromatic carbocycles. The number of Topliss-reactive ketones (excluding diaryl/α,β-unsaturated/α-hetero) is 1. The lowest BCUT2D eigenvalue weighted by Crippen LogP contribution is -2.55. The average Bonchev–Trinajstić information content (AvgIpc) is 2.65. The number of rotatable bonds is 3. The number of aryl methyl sites for hydroxylation is 2. The minimum Gasteiger partial charge on any atom is -0.335 e. The highest BCUT2D eigenvalue weighted by molar-refractivity contribution is 7.80. The third kappa shape index (κ3) is 3.74. The van der Waals surface area contributed by atoms with Crippen LogP contribution in [0.4, 0.5) is 5.69 Å². The van der Waals surface area contributed by atoms with Crippen molar-refractivity contribution in [2.24, 2.45) is 0 Å². The van der Waals surface area contributed by atoms with E-state index in [2.05, 4.69) is 31.3 Å². The minimum atomic E-state index is -0.819. The monoisotopic (exact) mass is 400 g/mol. The second kappa shape index (κ2) is 7.99. The first-order valence-corrected chi connectivity index (χ1v) is 10.1. The summed E-state index contributed by atoms with van der Waals surface area (Å²) in [5.41, 5.74) is 3.37. The standard InChI is InChI=1S/C22H25ClN2OS/c1-15-11-12-17(14-16(15)2)24-21(27)25(3)22(13-7-6-10-20(22)26)18-8-4-5-9-19(18)23/h4-5,8-9,11-12,14H,6-7,10,13H2,1-3H3,(H,24,27). The third-order valence-electron chi connectivity index (χ3n) is 5.61. The summed E-state index contributed by atoms with van der Waals surface area (Å²) in [6, 6.07) is 13.7. The summed E-state index contributed by atoms with van der Waals surface area (Å²) in [7, 11) is 1.89. The van der Waals surface area contributed by atoms with E-state index >= 15 is 0 Å². The Bertz CT molecular complexity index is 882. The molecule has 1 unspecified atom stereocenters. The van der Waals surface area contributed by atoms with E-state index in [1.54, 1.807) is 0 Å². The molecule has 5 heteroatoms. The maximum absolute atomic E-state index is 13.2. The van der Waals surface area contributed by atoms with Gasteiger partial charge in [0.1, 0.15) is 5.54 Å². The lowest BCUT2D eigenvalue weighted by Gasteiger charge is -2.45. The van der Waals surface area contributed by atoms with Gasteiger partial charge in [0.2, 0.25) is 0 Å². The van der Waals surface area contributed by atoms with Crippen molar-refractivity contribution in [1.82, 2.24) is 4.90 Å². The zero-order valence-electron chi connectivity index (χ0n) is 16.0. The number of hydrogen-bond donors (Lipinski definition) is 1. The van der Waals surface area contributed by atoms with Gasteiger partial charge in [-0.15, -0.1) is 0 Å². The molecule has 27 heavy (non-hydrogen) atoms. The van der Waals surface area contributed by atoms with Crippen LogP contribution >= 0.6 is 23.8 Å². The first-order chi connectivity index (χ1) is 12.9. The van der Waals surface area contributed by atoms with Crippen LogP contribution in [0.1, 0.15) is 42.4 Å². The summed E-state index contributed by atoms with van der Waals surface area (Å²) in [6.45, 7) is 4.15. The van der Waals surface area contributed by atoms with Gasteiger partial charge in [-0.1, -0.05) is 35.9 Å². The van der Waals surface area contributed by atoms with Crippen LogP contribution in [0.25, 0.3) is 0 Å². The number of nitrogens with zero attached hydrogens (tertiary/aromatic N) is 1. The summed E-state index contributed by atoms with van der Waals surface area (Å²) in [6.07, 6.45) is 3.13. The molecule has 0 radical (unpaired) electrons. The number of anilines is 1. The number of thiocarbonyl (C=S) groups is 1. The van der Waals surface area contributed by atoms with Gasteiger partial charge in [0.15, 0.2) is 10.9 Å². The number of ketones is 1. The fraction of sp³-hybridized carbons (Fsp3) is 0.364. The Kier molecular flexibility index (Phi) is 5.87. The Morgan fingerprint density at radius 2 is 1.89 bits per heavy atom. The maximum Gasteiger partial charge on any atom is 0.174 e. The fourth-order valence-corrected chi connectivity index (χ4v) is 4.40. The Hall–Kier alpha value is -1.91. The van der Waals surface area contributed by atoms with Gasteiger partial charge in [0.05, 0.1) is 0 Å². The van der Waals surface area contributed by atoms with Gasteiger partial charge in [0.25, 0.3) is 0 Å². The minimum absolute atomic E-state index is 0.175. The maximum atomic E-state index is 13.2. The van der Waals surface area contributed by atoms with Crippen molar-refractivity contribution < 1.29 is 4.79 Å². The van der Waals surface area contributed by atoms with E-state index in [0.717, 1.165) is 24.1 Å². The molecule has 0 spiro atoms. The van der Waals surface area contributed by atoms with Crippen LogP contribution in [0, 0.1) is 13.8 Å². The van der Waals surface area contributed by atoms with Gasteiger partial charge in [-0.05, 0) is 74.7 Å². The van der Waals surface area contributed by atoms with Crippen LogP contribution in [0.15, 0.2) is 42.5 Å². The lowest BCUT2D eigenvalue weighted by molar-refractivity contribution is -0.131. The van der Waals surface area contributed by atoms with E-state index in [1.165, 1.54) is 11.1 Å². The summed E-state index contributed by atoms with van der Waals surface area (Å²) in [4.78, 5) is 15.1. The Balaban J connectivity index is 1.97. The SMILES string of the molecule is Cc1ccc(NC(=S)N(C)C2(c3ccccc3Cl)CCCCC2=O)cc1C. The fourth-order valence-electron chi connectivity index (χ4n) is 3.83. The number of carbonyl (C=O) groups excluding carboxylic acids is 1. The van der Waals surface area contributed by atoms with Crippen molar-refractivity contribution in [3.05, 3.63) is 64.2 Å². The van der Waals surface area contributed by atoms with Crippen LogP contribution in [-0.2, 0) is 10.3 Å². The smallest absolute Gasteiger partial charge is 0.174 e. The number of benzene rings is 2. The lowest BCUT2D eigenvalue weighted by atomic mass is 9.74. The van der Waals surface area contributed by atoms with Crippen molar-refractivity contribution in [1.29, 1.82) is 0 Å². The van der Waals surface area contributed by atoms with E-state index < -0.39 is 5.54 Å². The zero-order chi connectivity index (χ0) is 19.6. The largest absolute Gasteiger partial charge is 0.335 e. The van der Waals surface area contributed by atoms with Gasteiger partial charge in [-0.2, -0.15) is 0 Å². The second-order valence-electron chi connectivity index (χ2n) is 7.26. The summed E-state index contributed by atoms with van der Waals surface area (Å²) in [5, 5.41) is 4.43. The van der Waals surface area contributed by atoms with E-state index in [9.17, 15) is 4.79 Å². The highest BCUT2D eigenvalue weighted by Gasteiger charge is 2.47. The number of carbonyl (C=O) groups is 1. The third-order valence-corrected chi connectivity index (χ3v) is 6.31. The first-order valence-electron chi connectivity index (χ1n) is 9.26. The molecule has 0 bridgehead atoms. The molecule has 2 aromatic rings. The van der Waals surface area contributed by atoms with Crippen molar-refractivity contribution in [3.8, 4) is 0 Å². The molecule has 0 amide bonds. The van der Waals surface area contributed by atoms with E-state index in [-0.39, 0.29) is 5.78 Å². The van der Waals surface area contributed by atoms with Gasteiger partial charge < -0.3 is 10.2 Å². The molecule has 0 heterocycles. The topological polar surface area (TPSA) is 32.3 Å².